The van der Waals surface area contributed by atoms with Gasteiger partial charge in [0.25, 0.3) is 37.5 Å². The molecule has 10 heterocycles. The number of ether oxygens (including phenoxy) is 4. The molecule has 6 aliphatic heterocycles. The fourth-order valence-electron chi connectivity index (χ4n) is 19.0. The van der Waals surface area contributed by atoms with Crippen LogP contribution >= 0.6 is 23.2 Å². The highest BCUT2D eigenvalue weighted by Crippen LogP contribution is 2.48. The van der Waals surface area contributed by atoms with Gasteiger partial charge in [0.1, 0.15) is 47.0 Å². The molecule has 4 saturated heterocycles. The Balaban J connectivity index is 0.000000182. The summed E-state index contributed by atoms with van der Waals surface area (Å²) >= 11 is 12.5. The van der Waals surface area contributed by atoms with Crippen LogP contribution in [0.25, 0.3) is 33.2 Å². The van der Waals surface area contributed by atoms with Crippen LogP contribution in [0.15, 0.2) is 179 Å². The number of anilines is 3. The number of hydrogen-bond donors (Lipinski definition) is 5. The fraction of sp³-hybridized carbons (Fsp3) is 0.417. The average molecular weight is 1850 g/mol. The lowest BCUT2D eigenvalue weighted by Gasteiger charge is -2.39. The number of piperidine rings is 1. The fourth-order valence-corrected chi connectivity index (χ4v) is 21.3. The van der Waals surface area contributed by atoms with Crippen molar-refractivity contribution < 1.29 is 55.2 Å². The highest BCUT2D eigenvalue weighted by Gasteiger charge is 2.39. The van der Waals surface area contributed by atoms with Crippen LogP contribution in [0.5, 0.6) is 34.5 Å². The number of hydrogen-bond acceptors (Lipinski definition) is 24. The highest BCUT2D eigenvalue weighted by atomic mass is 35.5. The van der Waals surface area contributed by atoms with Crippen LogP contribution in [0, 0.1) is 37.0 Å². The van der Waals surface area contributed by atoms with E-state index >= 15 is 0 Å². The van der Waals surface area contributed by atoms with E-state index in [9.17, 15) is 46.7 Å². The quantitative estimate of drug-likeness (QED) is 0.0262. The monoisotopic (exact) mass is 1840 g/mol. The Bertz CT molecular complexity index is 6220. The van der Waals surface area contributed by atoms with Gasteiger partial charge in [0.05, 0.1) is 48.7 Å². The van der Waals surface area contributed by atoms with Gasteiger partial charge in [-0.05, 0) is 209 Å². The van der Waals surface area contributed by atoms with Gasteiger partial charge in [0.15, 0.2) is 5.75 Å². The molecule has 4 aromatic heterocycles. The number of H-pyrrole nitrogens is 2. The van der Waals surface area contributed by atoms with Crippen molar-refractivity contribution >= 4 is 117 Å². The summed E-state index contributed by atoms with van der Waals surface area (Å²) in [5.74, 6) is -1.04. The van der Waals surface area contributed by atoms with Crippen molar-refractivity contribution in [2.45, 2.75) is 114 Å². The number of sulfonamides is 2. The lowest BCUT2D eigenvalue weighted by atomic mass is 9.72. The number of likely N-dealkylation sites (tertiary alicyclic amines) is 1. The number of nitrogens with one attached hydrogen (secondary N) is 5. The Hall–Kier alpha value is -11.2. The number of rotatable bonds is 25. The van der Waals surface area contributed by atoms with E-state index in [1.807, 2.05) is 36.4 Å². The zero-order chi connectivity index (χ0) is 90.8. The van der Waals surface area contributed by atoms with Crippen LogP contribution in [0.3, 0.4) is 0 Å². The van der Waals surface area contributed by atoms with E-state index in [1.165, 1.54) is 57.9 Å². The van der Waals surface area contributed by atoms with Crippen LogP contribution in [0.2, 0.25) is 10.0 Å². The van der Waals surface area contributed by atoms with Gasteiger partial charge >= 0.3 is 5.69 Å². The van der Waals surface area contributed by atoms with Gasteiger partial charge in [-0.1, -0.05) is 92.7 Å². The number of carbonyl (C=O) groups excluding carboxylic acids is 2. The maximum atomic E-state index is 14.1. The number of nitro groups is 2. The van der Waals surface area contributed by atoms with Crippen LogP contribution in [0.1, 0.15) is 129 Å². The molecule has 0 saturated carbocycles. The number of carbonyl (C=O) groups is 2. The van der Waals surface area contributed by atoms with Crippen molar-refractivity contribution in [1.82, 2.24) is 53.9 Å². The number of fused-ring (bicyclic) bond motifs is 4. The van der Waals surface area contributed by atoms with E-state index < -0.39 is 58.4 Å². The second-order valence-corrected chi connectivity index (χ2v) is 41.3. The number of nitro benzene ring substituents is 2. The third kappa shape index (κ3) is 21.5. The second-order valence-electron chi connectivity index (χ2n) is 37.0. The molecule has 684 valence electrons. The van der Waals surface area contributed by atoms with Crippen molar-refractivity contribution in [2.75, 3.05) is 153 Å². The van der Waals surface area contributed by atoms with Crippen LogP contribution < -0.4 is 43.5 Å². The summed E-state index contributed by atoms with van der Waals surface area (Å²) in [5.41, 5.74) is 11.5. The minimum absolute atomic E-state index is 0.0224. The molecule has 2 atom stereocenters. The molecule has 0 radical (unpaired) electrons. The topological polar surface area (TPSA) is 342 Å². The van der Waals surface area contributed by atoms with Gasteiger partial charge in [0.2, 0.25) is 5.75 Å². The van der Waals surface area contributed by atoms with Crippen molar-refractivity contribution in [2.24, 2.45) is 16.7 Å². The number of likely N-dealkylation sites (N-methyl/N-ethyl adjacent to an activating group) is 1. The molecule has 6 aromatic carbocycles. The van der Waals surface area contributed by atoms with Crippen molar-refractivity contribution in [3.63, 3.8) is 0 Å². The number of allylic oxidation sites excluding steroid dienone is 2. The predicted octanol–water partition coefficient (Wildman–Crippen LogP) is 16.5. The smallest absolute Gasteiger partial charge is 0.316 e. The molecular formula is C96H110Cl2N16O14S2. The van der Waals surface area contributed by atoms with Crippen molar-refractivity contribution in [1.29, 1.82) is 0 Å². The average Bonchev–Trinajstić information content (AvgIpc) is 0.989. The first-order valence-corrected chi connectivity index (χ1v) is 48.5. The lowest BCUT2D eigenvalue weighted by molar-refractivity contribution is -0.386. The van der Waals surface area contributed by atoms with Gasteiger partial charge in [-0.25, -0.2) is 36.2 Å². The lowest BCUT2D eigenvalue weighted by Crippen LogP contribution is -2.47. The number of pyridine rings is 2. The van der Waals surface area contributed by atoms with Crippen LogP contribution in [-0.4, -0.2) is 227 Å². The third-order valence-corrected chi connectivity index (χ3v) is 29.6. The molecule has 34 heteroatoms. The summed E-state index contributed by atoms with van der Waals surface area (Å²) in [6, 6.07) is 38.3. The summed E-state index contributed by atoms with van der Waals surface area (Å²) in [5, 5.41) is 31.0. The number of aromatic nitrogens is 4. The molecule has 4 fully saturated rings. The number of nitrogens with zero attached hydrogens (tertiary/aromatic N) is 11. The number of amides is 2. The molecule has 0 unspecified atom stereocenters. The number of halogens is 2. The van der Waals surface area contributed by atoms with E-state index in [4.69, 9.17) is 42.1 Å². The Morgan fingerprint density at radius 3 is 1.55 bits per heavy atom. The van der Waals surface area contributed by atoms with Gasteiger partial charge < -0.3 is 53.8 Å². The second kappa shape index (κ2) is 38.7. The molecule has 10 aromatic rings. The maximum absolute atomic E-state index is 14.1. The van der Waals surface area contributed by atoms with Crippen LogP contribution in [-0.2, 0) is 26.5 Å². The van der Waals surface area contributed by atoms with Gasteiger partial charge in [-0.2, -0.15) is 0 Å². The van der Waals surface area contributed by atoms with Gasteiger partial charge in [0, 0.05) is 185 Å². The number of benzene rings is 6. The SMILES string of the molecule is CC1(C)CCC(CN2CCN(c3ccc(C(=O)NS(=O)(=O)c4cc5c(c([N+](=O)[O-])c4)O[C@@H](CN4CCCCC4)CO5)c(Oc4cnc5[nH]ccc5c4)c3)CC2)=C(c2ccc(Cl)cc2)C1.CN1CCN(CC[C@@H]2CNc3cc(S(=O)(=O)NC(=O)c4ccc(N5CCN(CC6=C(c7ccc(Cl)cc7)CC(C)(C)CC6)CC5)cc4Oc4cnc5[nH]ccc5c4)cc([N+](=O)[O-])c3C2)CC1. The summed E-state index contributed by atoms with van der Waals surface area (Å²) in [6.45, 7) is 25.1. The zero-order valence-corrected chi connectivity index (χ0v) is 76.9. The molecular weight excluding hydrogens is 1740 g/mol. The Kier molecular flexibility index (Phi) is 27.0. The Morgan fingerprint density at radius 1 is 0.569 bits per heavy atom. The summed E-state index contributed by atoms with van der Waals surface area (Å²) in [4.78, 5) is 82.1. The van der Waals surface area contributed by atoms with E-state index in [2.05, 4.69) is 128 Å². The van der Waals surface area contributed by atoms with Gasteiger partial charge in [-0.3, -0.25) is 44.5 Å². The molecule has 0 bridgehead atoms. The van der Waals surface area contributed by atoms with E-state index in [-0.39, 0.29) is 68.1 Å². The summed E-state index contributed by atoms with van der Waals surface area (Å²) in [6.07, 6.45) is 17.1. The van der Waals surface area contributed by atoms with Crippen molar-refractivity contribution in [3.8, 4) is 34.5 Å². The highest BCUT2D eigenvalue weighted by molar-refractivity contribution is 7.90. The van der Waals surface area contributed by atoms with Crippen molar-refractivity contribution in [3.05, 3.63) is 227 Å². The first-order valence-electron chi connectivity index (χ1n) is 44.8. The first kappa shape index (κ1) is 90.7. The maximum Gasteiger partial charge on any atom is 0.316 e. The number of aromatic amines is 2. The van der Waals surface area contributed by atoms with Crippen LogP contribution in [0.4, 0.5) is 28.4 Å². The normalized spacial score (nSPS) is 19.5. The standard InChI is InChI=1S/C49H58ClN9O6S.C47H52ClN7O8S/c1-49(2)13-10-36(43(29-49)34-4-6-37(50)7-5-34)32-57-20-22-58(23-21-57)38-8-9-41(46(26-38)65-39-25-35-11-14-51-47(35)53-31-39)48(60)54-66(63,64)40-27-44-42(45(28-40)59(61)62)24-33(30-52-44)12-15-56-18-16-55(3)17-19-56;1-47(2)14-12-33(40(26-47)31-6-8-34(48)9-7-31)28-53-18-20-54(21-19-53)35-10-11-39(42(23-35)62-36-22-32-13-15-49-45(32)50-27-36)46(56)51-64(59,60)38-24-41(55(57)58)44-43(25-38)61-30-37(63-44)29-52-16-4-3-5-17-52/h4-9,11,14,25-28,31,33,52H,10,12-13,15-24,29-30,32H2,1-3H3,(H,51,53)(H,54,60);6-11,13,15,22-25,27,37H,3-5,12,14,16-21,26,28-30H2,1-2H3,(H,49,50)(H,51,56)/t33-;37-/m00/s1. The largest absolute Gasteiger partial charge is 0.485 e. The predicted molar refractivity (Wildman–Crippen MR) is 504 cm³/mol. The van der Waals surface area contributed by atoms with Gasteiger partial charge in [-0.15, -0.1) is 0 Å². The minimum Gasteiger partial charge on any atom is -0.485 e. The first-order chi connectivity index (χ1) is 62.4. The van der Waals surface area contributed by atoms with E-state index in [1.54, 1.807) is 54.9 Å². The Morgan fingerprint density at radius 2 is 1.05 bits per heavy atom. The van der Waals surface area contributed by atoms with E-state index in [0.717, 1.165) is 213 Å². The minimum atomic E-state index is -4.67. The third-order valence-electron chi connectivity index (χ3n) is 26.5. The zero-order valence-electron chi connectivity index (χ0n) is 73.8. The molecule has 2 amide bonds. The molecule has 130 heavy (non-hydrogen) atoms. The summed E-state index contributed by atoms with van der Waals surface area (Å²) in [7, 11) is -7.14. The molecule has 18 rings (SSSR count). The number of piperazine rings is 3. The molecule has 0 spiro atoms. The summed E-state index contributed by atoms with van der Waals surface area (Å²) < 4.78 is 84.7. The molecule has 30 nitrogen and oxygen atoms in total. The Labute approximate surface area is 767 Å². The molecule has 2 aliphatic carbocycles. The molecule has 8 aliphatic rings. The van der Waals surface area contributed by atoms with E-state index in [0.29, 0.717) is 66.6 Å². The molecule has 5 N–H and O–H groups in total.